The minimum absolute atomic E-state index is 0.779. The first-order chi connectivity index (χ1) is 7.72. The minimum atomic E-state index is 0.779. The highest BCUT2D eigenvalue weighted by atomic mass is 79.9. The summed E-state index contributed by atoms with van der Waals surface area (Å²) in [6.07, 6.45) is 3.84. The molecule has 84 valence electrons. The molecule has 16 heavy (non-hydrogen) atoms. The molecular formula is C14H16BrN. The first-order valence-electron chi connectivity index (χ1n) is 6.01. The van der Waals surface area contributed by atoms with Gasteiger partial charge < -0.3 is 4.57 Å². The molecule has 1 aromatic carbocycles. The van der Waals surface area contributed by atoms with Crippen LogP contribution in [0.1, 0.15) is 37.2 Å². The molecule has 0 amide bonds. The van der Waals surface area contributed by atoms with Gasteiger partial charge in [-0.15, -0.1) is 0 Å². The van der Waals surface area contributed by atoms with Crippen molar-refractivity contribution in [2.24, 2.45) is 0 Å². The molecule has 0 aliphatic heterocycles. The third-order valence-electron chi connectivity index (χ3n) is 3.58. The Morgan fingerprint density at radius 1 is 1.31 bits per heavy atom. The standard InChI is InChI=1S/C14H16BrN/c1-3-14-13-8-10(15)4-7-12(13)9(2)16(14)11-5-6-11/h4,7-8,11H,3,5-6H2,1-2H3. The van der Waals surface area contributed by atoms with Gasteiger partial charge in [-0.1, -0.05) is 28.9 Å². The van der Waals surface area contributed by atoms with E-state index < -0.39 is 0 Å². The highest BCUT2D eigenvalue weighted by molar-refractivity contribution is 9.10. The van der Waals surface area contributed by atoms with Crippen molar-refractivity contribution in [2.45, 2.75) is 39.2 Å². The number of aromatic nitrogens is 1. The highest BCUT2D eigenvalue weighted by Crippen LogP contribution is 2.41. The van der Waals surface area contributed by atoms with Gasteiger partial charge in [-0.3, -0.25) is 0 Å². The van der Waals surface area contributed by atoms with Gasteiger partial charge in [-0.2, -0.15) is 0 Å². The molecule has 1 fully saturated rings. The van der Waals surface area contributed by atoms with Crippen LogP contribution in [0.5, 0.6) is 0 Å². The van der Waals surface area contributed by atoms with Gasteiger partial charge in [0.05, 0.1) is 0 Å². The first kappa shape index (κ1) is 10.4. The fourth-order valence-electron chi connectivity index (χ4n) is 2.72. The van der Waals surface area contributed by atoms with E-state index in [0.717, 1.165) is 12.5 Å². The molecule has 0 bridgehead atoms. The maximum absolute atomic E-state index is 3.57. The Bertz CT molecular complexity index is 549. The number of fused-ring (bicyclic) bond motifs is 1. The van der Waals surface area contributed by atoms with Gasteiger partial charge in [0.1, 0.15) is 0 Å². The molecule has 1 heterocycles. The van der Waals surface area contributed by atoms with E-state index in [1.54, 1.807) is 0 Å². The van der Waals surface area contributed by atoms with E-state index in [2.05, 4.69) is 52.5 Å². The summed E-state index contributed by atoms with van der Waals surface area (Å²) in [5.74, 6) is 0. The molecule has 1 aliphatic rings. The van der Waals surface area contributed by atoms with Crippen LogP contribution in [0, 0.1) is 6.92 Å². The monoisotopic (exact) mass is 277 g/mol. The molecule has 0 N–H and O–H groups in total. The van der Waals surface area contributed by atoms with Crippen LogP contribution in [0.15, 0.2) is 22.7 Å². The van der Waals surface area contributed by atoms with Gasteiger partial charge in [-0.05, 0) is 38.3 Å². The van der Waals surface area contributed by atoms with E-state index in [4.69, 9.17) is 0 Å². The van der Waals surface area contributed by atoms with Crippen LogP contribution in [0.25, 0.3) is 10.8 Å². The van der Waals surface area contributed by atoms with Crippen LogP contribution < -0.4 is 0 Å². The Kier molecular flexibility index (Phi) is 2.36. The molecule has 1 aromatic heterocycles. The van der Waals surface area contributed by atoms with E-state index in [1.165, 1.54) is 39.5 Å². The maximum Gasteiger partial charge on any atom is 0.0337 e. The number of benzene rings is 1. The van der Waals surface area contributed by atoms with Gasteiger partial charge in [-0.25, -0.2) is 0 Å². The third-order valence-corrected chi connectivity index (χ3v) is 4.07. The predicted octanol–water partition coefficient (Wildman–Crippen LogP) is 4.61. The molecule has 0 saturated heterocycles. The van der Waals surface area contributed by atoms with Crippen molar-refractivity contribution in [1.82, 2.24) is 4.57 Å². The van der Waals surface area contributed by atoms with Crippen LogP contribution >= 0.6 is 15.9 Å². The lowest BCUT2D eigenvalue weighted by Gasteiger charge is -2.08. The number of rotatable bonds is 2. The van der Waals surface area contributed by atoms with Crippen molar-refractivity contribution >= 4 is 26.7 Å². The second-order valence-electron chi connectivity index (χ2n) is 4.68. The van der Waals surface area contributed by atoms with Crippen molar-refractivity contribution in [1.29, 1.82) is 0 Å². The van der Waals surface area contributed by atoms with Crippen LogP contribution in [-0.4, -0.2) is 4.57 Å². The van der Waals surface area contributed by atoms with Gasteiger partial charge in [0.2, 0.25) is 0 Å². The van der Waals surface area contributed by atoms with Crippen LogP contribution in [0.4, 0.5) is 0 Å². The number of hydrogen-bond donors (Lipinski definition) is 0. The second-order valence-corrected chi connectivity index (χ2v) is 5.59. The number of nitrogens with zero attached hydrogens (tertiary/aromatic N) is 1. The number of hydrogen-bond acceptors (Lipinski definition) is 0. The van der Waals surface area contributed by atoms with Gasteiger partial charge >= 0.3 is 0 Å². The Labute approximate surface area is 105 Å². The average molecular weight is 278 g/mol. The molecular weight excluding hydrogens is 262 g/mol. The van der Waals surface area contributed by atoms with Crippen LogP contribution in [-0.2, 0) is 6.42 Å². The minimum Gasteiger partial charge on any atom is -0.345 e. The van der Waals surface area contributed by atoms with E-state index in [9.17, 15) is 0 Å². The Morgan fingerprint density at radius 2 is 2.06 bits per heavy atom. The van der Waals surface area contributed by atoms with Crippen molar-refractivity contribution in [3.8, 4) is 0 Å². The van der Waals surface area contributed by atoms with Crippen LogP contribution in [0.3, 0.4) is 0 Å². The fraction of sp³-hybridized carbons (Fsp3) is 0.429. The Morgan fingerprint density at radius 3 is 2.69 bits per heavy atom. The van der Waals surface area contributed by atoms with Crippen molar-refractivity contribution < 1.29 is 0 Å². The molecule has 0 spiro atoms. The van der Waals surface area contributed by atoms with Gasteiger partial charge in [0.25, 0.3) is 0 Å². The predicted molar refractivity (Wildman–Crippen MR) is 72.0 cm³/mol. The molecule has 0 atom stereocenters. The van der Waals surface area contributed by atoms with Gasteiger partial charge in [0, 0.05) is 32.7 Å². The van der Waals surface area contributed by atoms with E-state index in [-0.39, 0.29) is 0 Å². The quantitative estimate of drug-likeness (QED) is 0.756. The molecule has 0 radical (unpaired) electrons. The molecule has 1 saturated carbocycles. The highest BCUT2D eigenvalue weighted by Gasteiger charge is 2.28. The van der Waals surface area contributed by atoms with Crippen molar-refractivity contribution in [3.05, 3.63) is 34.1 Å². The lowest BCUT2D eigenvalue weighted by atomic mass is 10.1. The Balaban J connectivity index is 2.36. The maximum atomic E-state index is 3.57. The Hall–Kier alpha value is -0.760. The topological polar surface area (TPSA) is 4.93 Å². The van der Waals surface area contributed by atoms with E-state index in [0.29, 0.717) is 0 Å². The van der Waals surface area contributed by atoms with E-state index in [1.807, 2.05) is 0 Å². The zero-order chi connectivity index (χ0) is 11.3. The normalized spacial score (nSPS) is 15.9. The zero-order valence-corrected chi connectivity index (χ0v) is 11.3. The summed E-state index contributed by atoms with van der Waals surface area (Å²) in [4.78, 5) is 0. The summed E-state index contributed by atoms with van der Waals surface area (Å²) in [5.41, 5.74) is 2.96. The SMILES string of the molecule is CCc1c2cc(Br)ccc2c(C)n1C1CC1. The summed E-state index contributed by atoms with van der Waals surface area (Å²) in [6.45, 7) is 4.52. The molecule has 0 unspecified atom stereocenters. The van der Waals surface area contributed by atoms with E-state index >= 15 is 0 Å². The number of halogens is 1. The van der Waals surface area contributed by atoms with Crippen molar-refractivity contribution in [3.63, 3.8) is 0 Å². The molecule has 1 nitrogen and oxygen atoms in total. The summed E-state index contributed by atoms with van der Waals surface area (Å²) >= 11 is 3.57. The molecule has 2 heteroatoms. The fourth-order valence-corrected chi connectivity index (χ4v) is 3.08. The summed E-state index contributed by atoms with van der Waals surface area (Å²) in [5, 5.41) is 2.85. The summed E-state index contributed by atoms with van der Waals surface area (Å²) in [6, 6.07) is 7.43. The lowest BCUT2D eigenvalue weighted by Crippen LogP contribution is -2.01. The smallest absolute Gasteiger partial charge is 0.0337 e. The third kappa shape index (κ3) is 1.43. The zero-order valence-electron chi connectivity index (χ0n) is 9.76. The molecule has 1 aliphatic carbocycles. The summed E-state index contributed by atoms with van der Waals surface area (Å²) in [7, 11) is 0. The summed E-state index contributed by atoms with van der Waals surface area (Å²) < 4.78 is 3.75. The van der Waals surface area contributed by atoms with Gasteiger partial charge in [0.15, 0.2) is 0 Å². The second kappa shape index (κ2) is 3.63. The first-order valence-corrected chi connectivity index (χ1v) is 6.80. The lowest BCUT2D eigenvalue weighted by molar-refractivity contribution is 0.686. The number of aryl methyl sites for hydroxylation is 2. The largest absolute Gasteiger partial charge is 0.345 e. The molecule has 2 aromatic rings. The van der Waals surface area contributed by atoms with Crippen LogP contribution in [0.2, 0.25) is 0 Å². The molecule has 3 rings (SSSR count). The van der Waals surface area contributed by atoms with Crippen molar-refractivity contribution in [2.75, 3.05) is 0 Å². The average Bonchev–Trinajstić information content (AvgIpc) is 3.05.